The molecule has 1 N–H and O–H groups in total. The highest BCUT2D eigenvalue weighted by atomic mass is 19.1. The second kappa shape index (κ2) is 6.27. The van der Waals surface area contributed by atoms with Crippen molar-refractivity contribution in [1.29, 1.82) is 5.26 Å². The summed E-state index contributed by atoms with van der Waals surface area (Å²) in [7, 11) is 0. The van der Waals surface area contributed by atoms with Crippen molar-refractivity contribution in [3.05, 3.63) is 70.8 Å². The van der Waals surface area contributed by atoms with Crippen molar-refractivity contribution in [1.82, 2.24) is 5.32 Å². The van der Waals surface area contributed by atoms with E-state index in [2.05, 4.69) is 11.4 Å². The van der Waals surface area contributed by atoms with Crippen LogP contribution in [0.15, 0.2) is 42.5 Å². The van der Waals surface area contributed by atoms with E-state index in [1.165, 1.54) is 18.2 Å². The largest absolute Gasteiger partial charge is 0.306 e. The van der Waals surface area contributed by atoms with Crippen LogP contribution in [0.4, 0.5) is 8.78 Å². The van der Waals surface area contributed by atoms with Gasteiger partial charge in [-0.15, -0.1) is 0 Å². The highest BCUT2D eigenvalue weighted by Crippen LogP contribution is 2.21. The first-order valence-corrected chi connectivity index (χ1v) is 6.28. The Morgan fingerprint density at radius 3 is 2.40 bits per heavy atom. The summed E-state index contributed by atoms with van der Waals surface area (Å²) in [5.41, 5.74) is 1.38. The molecule has 0 aromatic heterocycles. The number of nitrogens with zero attached hydrogens (tertiary/aromatic N) is 1. The van der Waals surface area contributed by atoms with E-state index in [9.17, 15) is 8.78 Å². The first-order chi connectivity index (χ1) is 9.63. The van der Waals surface area contributed by atoms with E-state index >= 15 is 0 Å². The van der Waals surface area contributed by atoms with Crippen molar-refractivity contribution in [2.75, 3.05) is 0 Å². The molecule has 4 heteroatoms. The van der Waals surface area contributed by atoms with Gasteiger partial charge < -0.3 is 5.32 Å². The number of hydrogen-bond acceptors (Lipinski definition) is 2. The number of hydrogen-bond donors (Lipinski definition) is 1. The summed E-state index contributed by atoms with van der Waals surface area (Å²) in [6.45, 7) is 2.06. The van der Waals surface area contributed by atoms with Gasteiger partial charge in [-0.25, -0.2) is 8.78 Å². The van der Waals surface area contributed by atoms with E-state index in [0.717, 1.165) is 5.56 Å². The quantitative estimate of drug-likeness (QED) is 0.921. The molecular weight excluding hydrogens is 258 g/mol. The van der Waals surface area contributed by atoms with Crippen LogP contribution in [0.1, 0.15) is 29.7 Å². The molecule has 1 atom stereocenters. The predicted molar refractivity (Wildman–Crippen MR) is 72.8 cm³/mol. The van der Waals surface area contributed by atoms with E-state index in [1.54, 1.807) is 19.1 Å². The molecule has 0 saturated heterocycles. The Kier molecular flexibility index (Phi) is 4.44. The van der Waals surface area contributed by atoms with Crippen LogP contribution in [0, 0.1) is 23.0 Å². The summed E-state index contributed by atoms with van der Waals surface area (Å²) in [6.07, 6.45) is 0. The zero-order valence-electron chi connectivity index (χ0n) is 11.0. The smallest absolute Gasteiger partial charge is 0.130 e. The third-order valence-corrected chi connectivity index (χ3v) is 3.17. The molecule has 20 heavy (non-hydrogen) atoms. The molecule has 2 rings (SSSR count). The zero-order valence-corrected chi connectivity index (χ0v) is 11.0. The fourth-order valence-electron chi connectivity index (χ4n) is 2.07. The minimum absolute atomic E-state index is 0.0157. The SMILES string of the molecule is CC(NCc1ccccc1C#N)c1c(F)cccc1F. The molecule has 2 nitrogen and oxygen atoms in total. The van der Waals surface area contributed by atoms with Crippen LogP contribution in [0.25, 0.3) is 0 Å². The Morgan fingerprint density at radius 1 is 1.10 bits per heavy atom. The lowest BCUT2D eigenvalue weighted by molar-refractivity contribution is 0.487. The molecule has 0 aliphatic rings. The minimum atomic E-state index is -0.571. The van der Waals surface area contributed by atoms with Gasteiger partial charge in [0, 0.05) is 18.2 Å². The third-order valence-electron chi connectivity index (χ3n) is 3.17. The van der Waals surface area contributed by atoms with Crippen molar-refractivity contribution in [2.24, 2.45) is 0 Å². The fraction of sp³-hybridized carbons (Fsp3) is 0.188. The Hall–Kier alpha value is -2.25. The number of nitriles is 1. The Labute approximate surface area is 116 Å². The van der Waals surface area contributed by atoms with Gasteiger partial charge in [0.15, 0.2) is 0 Å². The summed E-state index contributed by atoms with van der Waals surface area (Å²) in [6, 6.07) is 12.6. The van der Waals surface area contributed by atoms with E-state index in [-0.39, 0.29) is 5.56 Å². The van der Waals surface area contributed by atoms with Crippen LogP contribution in [0.3, 0.4) is 0 Å². The molecule has 0 aliphatic heterocycles. The fourth-order valence-corrected chi connectivity index (χ4v) is 2.07. The van der Waals surface area contributed by atoms with Crippen molar-refractivity contribution < 1.29 is 8.78 Å². The highest BCUT2D eigenvalue weighted by molar-refractivity contribution is 5.37. The first kappa shape index (κ1) is 14.2. The second-order valence-electron chi connectivity index (χ2n) is 4.51. The second-order valence-corrected chi connectivity index (χ2v) is 4.51. The van der Waals surface area contributed by atoms with Gasteiger partial charge in [0.05, 0.1) is 11.6 Å². The van der Waals surface area contributed by atoms with E-state index < -0.39 is 17.7 Å². The number of nitrogens with one attached hydrogen (secondary N) is 1. The maximum Gasteiger partial charge on any atom is 0.130 e. The van der Waals surface area contributed by atoms with Crippen LogP contribution in [-0.2, 0) is 6.54 Å². The van der Waals surface area contributed by atoms with Crippen molar-refractivity contribution >= 4 is 0 Å². The number of benzene rings is 2. The molecule has 0 radical (unpaired) electrons. The van der Waals surface area contributed by atoms with Gasteiger partial charge >= 0.3 is 0 Å². The summed E-state index contributed by atoms with van der Waals surface area (Å²) >= 11 is 0. The lowest BCUT2D eigenvalue weighted by atomic mass is 10.1. The maximum absolute atomic E-state index is 13.6. The van der Waals surface area contributed by atoms with Gasteiger partial charge in [-0.05, 0) is 30.7 Å². The molecule has 0 spiro atoms. The average Bonchev–Trinajstić information content (AvgIpc) is 2.45. The van der Waals surface area contributed by atoms with E-state index in [0.29, 0.717) is 12.1 Å². The predicted octanol–water partition coefficient (Wildman–Crippen LogP) is 3.69. The van der Waals surface area contributed by atoms with Gasteiger partial charge in [0.25, 0.3) is 0 Å². The van der Waals surface area contributed by atoms with Crippen molar-refractivity contribution in [3.63, 3.8) is 0 Å². The Balaban J connectivity index is 2.13. The molecule has 2 aromatic carbocycles. The van der Waals surface area contributed by atoms with Crippen molar-refractivity contribution in [2.45, 2.75) is 19.5 Å². The third kappa shape index (κ3) is 3.01. The minimum Gasteiger partial charge on any atom is -0.306 e. The summed E-state index contributed by atoms with van der Waals surface area (Å²) in [5.74, 6) is -1.14. The summed E-state index contributed by atoms with van der Waals surface area (Å²) < 4.78 is 27.3. The first-order valence-electron chi connectivity index (χ1n) is 6.28. The molecule has 0 fully saturated rings. The summed E-state index contributed by atoms with van der Waals surface area (Å²) in [5, 5.41) is 12.0. The average molecular weight is 272 g/mol. The molecule has 0 amide bonds. The van der Waals surface area contributed by atoms with Crippen LogP contribution in [-0.4, -0.2) is 0 Å². The van der Waals surface area contributed by atoms with Gasteiger partial charge in [-0.3, -0.25) is 0 Å². The number of rotatable bonds is 4. The maximum atomic E-state index is 13.6. The lowest BCUT2D eigenvalue weighted by Crippen LogP contribution is -2.20. The van der Waals surface area contributed by atoms with Crippen LogP contribution >= 0.6 is 0 Å². The van der Waals surface area contributed by atoms with Gasteiger partial charge in [-0.1, -0.05) is 24.3 Å². The molecule has 102 valence electrons. The molecule has 1 unspecified atom stereocenters. The van der Waals surface area contributed by atoms with Crippen LogP contribution in [0.2, 0.25) is 0 Å². The lowest BCUT2D eigenvalue weighted by Gasteiger charge is -2.16. The van der Waals surface area contributed by atoms with Gasteiger partial charge in [0.2, 0.25) is 0 Å². The standard InChI is InChI=1S/C16H14F2N2/c1-11(16-14(17)7-4-8-15(16)18)20-10-13-6-3-2-5-12(13)9-19/h2-8,11,20H,10H2,1H3. The Morgan fingerprint density at radius 2 is 1.75 bits per heavy atom. The topological polar surface area (TPSA) is 35.8 Å². The summed E-state index contributed by atoms with van der Waals surface area (Å²) in [4.78, 5) is 0. The molecule has 0 aliphatic carbocycles. The zero-order chi connectivity index (χ0) is 14.5. The van der Waals surface area contributed by atoms with Gasteiger partial charge in [-0.2, -0.15) is 5.26 Å². The van der Waals surface area contributed by atoms with Gasteiger partial charge in [0.1, 0.15) is 11.6 Å². The molecule has 0 heterocycles. The highest BCUT2D eigenvalue weighted by Gasteiger charge is 2.15. The normalized spacial score (nSPS) is 11.9. The van der Waals surface area contributed by atoms with Crippen LogP contribution < -0.4 is 5.32 Å². The molecule has 0 bridgehead atoms. The number of halogens is 2. The molecular formula is C16H14F2N2. The van der Waals surface area contributed by atoms with E-state index in [4.69, 9.17) is 5.26 Å². The van der Waals surface area contributed by atoms with Crippen molar-refractivity contribution in [3.8, 4) is 6.07 Å². The molecule has 0 saturated carbocycles. The monoisotopic (exact) mass is 272 g/mol. The molecule has 2 aromatic rings. The van der Waals surface area contributed by atoms with Crippen LogP contribution in [0.5, 0.6) is 0 Å². The van der Waals surface area contributed by atoms with E-state index in [1.807, 2.05) is 12.1 Å². The Bertz CT molecular complexity index is 627.